The van der Waals surface area contributed by atoms with E-state index in [2.05, 4.69) is 35.1 Å². The van der Waals surface area contributed by atoms with Gasteiger partial charge in [0.15, 0.2) is 0 Å². The number of aromatic nitrogens is 1. The van der Waals surface area contributed by atoms with Gasteiger partial charge in [-0.2, -0.15) is 0 Å². The van der Waals surface area contributed by atoms with Gasteiger partial charge in [0.1, 0.15) is 0 Å². The Morgan fingerprint density at radius 1 is 1.31 bits per heavy atom. The van der Waals surface area contributed by atoms with Gasteiger partial charge in [-0.15, -0.1) is 0 Å². The second-order valence-corrected chi connectivity index (χ2v) is 3.97. The molecule has 90 valence electrons. The van der Waals surface area contributed by atoms with E-state index in [0.29, 0.717) is 0 Å². The third kappa shape index (κ3) is 5.24. The van der Waals surface area contributed by atoms with E-state index in [9.17, 15) is 0 Å². The molecule has 0 fully saturated rings. The predicted octanol–water partition coefficient (Wildman–Crippen LogP) is 1.90. The molecule has 1 aromatic rings. The van der Waals surface area contributed by atoms with Crippen molar-refractivity contribution in [2.24, 2.45) is 0 Å². The number of hydrogen-bond acceptors (Lipinski definition) is 3. The Morgan fingerprint density at radius 3 is 2.81 bits per heavy atom. The van der Waals surface area contributed by atoms with Crippen molar-refractivity contribution >= 4 is 0 Å². The van der Waals surface area contributed by atoms with E-state index in [-0.39, 0.29) is 0 Å². The Balaban J connectivity index is 2.11. The molecular weight excluding hydrogens is 198 g/mol. The van der Waals surface area contributed by atoms with E-state index in [0.717, 1.165) is 26.2 Å². The molecule has 1 aromatic heterocycles. The van der Waals surface area contributed by atoms with E-state index >= 15 is 0 Å². The van der Waals surface area contributed by atoms with Gasteiger partial charge in [0, 0.05) is 32.0 Å². The molecule has 3 heteroatoms. The highest BCUT2D eigenvalue weighted by Crippen LogP contribution is 1.94. The molecule has 1 heterocycles. The molecule has 0 saturated heterocycles. The van der Waals surface area contributed by atoms with E-state index in [1.54, 1.807) is 0 Å². The van der Waals surface area contributed by atoms with E-state index in [1.165, 1.54) is 18.5 Å². The van der Waals surface area contributed by atoms with Crippen LogP contribution >= 0.6 is 0 Å². The first-order valence-electron chi connectivity index (χ1n) is 6.18. The van der Waals surface area contributed by atoms with Crippen LogP contribution in [0.25, 0.3) is 0 Å². The first kappa shape index (κ1) is 13.1. The number of nitrogens with zero attached hydrogens (tertiary/aromatic N) is 2. The van der Waals surface area contributed by atoms with Crippen LogP contribution in [0.5, 0.6) is 0 Å². The summed E-state index contributed by atoms with van der Waals surface area (Å²) >= 11 is 0. The van der Waals surface area contributed by atoms with Crippen molar-refractivity contribution in [3.05, 3.63) is 30.1 Å². The van der Waals surface area contributed by atoms with Crippen LogP contribution in [0.3, 0.4) is 0 Å². The Labute approximate surface area is 98.9 Å². The lowest BCUT2D eigenvalue weighted by molar-refractivity contribution is 0.287. The number of rotatable bonds is 8. The average Bonchev–Trinajstić information content (AvgIpc) is 2.34. The zero-order chi connectivity index (χ0) is 11.6. The number of pyridine rings is 1. The Kier molecular flexibility index (Phi) is 6.77. The van der Waals surface area contributed by atoms with Crippen LogP contribution in [-0.4, -0.2) is 36.1 Å². The van der Waals surface area contributed by atoms with E-state index in [1.807, 2.05) is 18.5 Å². The third-order valence-corrected chi connectivity index (χ3v) is 2.64. The van der Waals surface area contributed by atoms with Gasteiger partial charge in [0.2, 0.25) is 0 Å². The fourth-order valence-corrected chi connectivity index (χ4v) is 1.72. The maximum absolute atomic E-state index is 4.09. The van der Waals surface area contributed by atoms with Crippen LogP contribution in [0.15, 0.2) is 24.5 Å². The first-order chi connectivity index (χ1) is 7.86. The molecule has 1 N–H and O–H groups in total. The predicted molar refractivity (Wildman–Crippen MR) is 68.3 cm³/mol. The normalized spacial score (nSPS) is 10.9. The fraction of sp³-hybridized carbons (Fsp3) is 0.615. The lowest BCUT2D eigenvalue weighted by Gasteiger charge is -2.19. The minimum Gasteiger partial charge on any atom is -0.311 e. The van der Waals surface area contributed by atoms with E-state index in [4.69, 9.17) is 0 Å². The van der Waals surface area contributed by atoms with Crippen molar-refractivity contribution in [2.45, 2.75) is 26.8 Å². The van der Waals surface area contributed by atoms with Crippen LogP contribution in [0.1, 0.15) is 25.8 Å². The molecule has 0 aliphatic carbocycles. The maximum atomic E-state index is 4.09. The summed E-state index contributed by atoms with van der Waals surface area (Å²) in [6, 6.07) is 4.08. The molecule has 0 radical (unpaired) electrons. The van der Waals surface area contributed by atoms with Gasteiger partial charge in [0.25, 0.3) is 0 Å². The van der Waals surface area contributed by atoms with Gasteiger partial charge < -0.3 is 10.2 Å². The molecule has 0 amide bonds. The standard InChI is InChI=1S/C13H23N3/c1-3-9-16(4-2)10-8-15-12-13-6-5-7-14-11-13/h5-7,11,15H,3-4,8-10,12H2,1-2H3. The monoisotopic (exact) mass is 221 g/mol. The Bertz CT molecular complexity index is 261. The largest absolute Gasteiger partial charge is 0.311 e. The maximum Gasteiger partial charge on any atom is 0.0312 e. The summed E-state index contributed by atoms with van der Waals surface area (Å²) in [6.45, 7) is 9.88. The fourth-order valence-electron chi connectivity index (χ4n) is 1.72. The lowest BCUT2D eigenvalue weighted by Crippen LogP contribution is -2.32. The molecule has 16 heavy (non-hydrogen) atoms. The average molecular weight is 221 g/mol. The second-order valence-electron chi connectivity index (χ2n) is 3.97. The van der Waals surface area contributed by atoms with Crippen LogP contribution < -0.4 is 5.32 Å². The summed E-state index contributed by atoms with van der Waals surface area (Å²) in [5.74, 6) is 0. The zero-order valence-electron chi connectivity index (χ0n) is 10.4. The number of nitrogens with one attached hydrogen (secondary N) is 1. The molecule has 0 aliphatic rings. The second kappa shape index (κ2) is 8.25. The van der Waals surface area contributed by atoms with Crippen LogP contribution in [0.4, 0.5) is 0 Å². The topological polar surface area (TPSA) is 28.2 Å². The summed E-state index contributed by atoms with van der Waals surface area (Å²) < 4.78 is 0. The number of likely N-dealkylation sites (N-methyl/N-ethyl adjacent to an activating group) is 1. The zero-order valence-corrected chi connectivity index (χ0v) is 10.4. The summed E-state index contributed by atoms with van der Waals surface area (Å²) in [5, 5.41) is 3.44. The highest BCUT2D eigenvalue weighted by atomic mass is 15.1. The molecule has 0 atom stereocenters. The van der Waals surface area contributed by atoms with Crippen LogP contribution in [-0.2, 0) is 6.54 Å². The van der Waals surface area contributed by atoms with Gasteiger partial charge in [-0.1, -0.05) is 19.9 Å². The summed E-state index contributed by atoms with van der Waals surface area (Å²) in [7, 11) is 0. The van der Waals surface area contributed by atoms with Crippen molar-refractivity contribution in [2.75, 3.05) is 26.2 Å². The lowest BCUT2D eigenvalue weighted by atomic mass is 10.3. The van der Waals surface area contributed by atoms with Gasteiger partial charge in [-0.3, -0.25) is 4.98 Å². The molecule has 0 aromatic carbocycles. The van der Waals surface area contributed by atoms with Crippen molar-refractivity contribution in [3.8, 4) is 0 Å². The van der Waals surface area contributed by atoms with Gasteiger partial charge in [-0.25, -0.2) is 0 Å². The van der Waals surface area contributed by atoms with Crippen LogP contribution in [0, 0.1) is 0 Å². The SMILES string of the molecule is CCCN(CC)CCNCc1cccnc1. The van der Waals surface area contributed by atoms with Crippen molar-refractivity contribution in [1.29, 1.82) is 0 Å². The van der Waals surface area contributed by atoms with E-state index < -0.39 is 0 Å². The van der Waals surface area contributed by atoms with Crippen molar-refractivity contribution in [1.82, 2.24) is 15.2 Å². The molecule has 0 aliphatic heterocycles. The molecule has 1 rings (SSSR count). The van der Waals surface area contributed by atoms with Crippen LogP contribution in [0.2, 0.25) is 0 Å². The third-order valence-electron chi connectivity index (χ3n) is 2.64. The van der Waals surface area contributed by atoms with Crippen molar-refractivity contribution < 1.29 is 0 Å². The Hall–Kier alpha value is -0.930. The molecular formula is C13H23N3. The summed E-state index contributed by atoms with van der Waals surface area (Å²) in [6.07, 6.45) is 4.96. The minimum absolute atomic E-state index is 0.914. The smallest absolute Gasteiger partial charge is 0.0312 e. The Morgan fingerprint density at radius 2 is 2.19 bits per heavy atom. The highest BCUT2D eigenvalue weighted by molar-refractivity contribution is 5.07. The summed E-state index contributed by atoms with van der Waals surface area (Å²) in [4.78, 5) is 6.56. The highest BCUT2D eigenvalue weighted by Gasteiger charge is 1.99. The number of hydrogen-bond donors (Lipinski definition) is 1. The van der Waals surface area contributed by atoms with Crippen molar-refractivity contribution in [3.63, 3.8) is 0 Å². The van der Waals surface area contributed by atoms with Gasteiger partial charge in [0.05, 0.1) is 0 Å². The molecule has 0 bridgehead atoms. The summed E-state index contributed by atoms with van der Waals surface area (Å²) in [5.41, 5.74) is 1.25. The molecule has 0 unspecified atom stereocenters. The van der Waals surface area contributed by atoms with Gasteiger partial charge >= 0.3 is 0 Å². The minimum atomic E-state index is 0.914. The molecule has 3 nitrogen and oxygen atoms in total. The first-order valence-corrected chi connectivity index (χ1v) is 6.18. The quantitative estimate of drug-likeness (QED) is 0.680. The molecule has 0 saturated carbocycles. The molecule has 0 spiro atoms. The van der Waals surface area contributed by atoms with Gasteiger partial charge in [-0.05, 0) is 31.1 Å².